The van der Waals surface area contributed by atoms with Gasteiger partial charge in [0.05, 0.1) is 12.8 Å². The highest BCUT2D eigenvalue weighted by Crippen LogP contribution is 2.37. The van der Waals surface area contributed by atoms with E-state index in [-0.39, 0.29) is 22.2 Å². The lowest BCUT2D eigenvalue weighted by Crippen LogP contribution is -2.32. The molecule has 0 aromatic heterocycles. The number of hydrogen-bond acceptors (Lipinski definition) is 5. The molecule has 172 valence electrons. The first-order valence-electron chi connectivity index (χ1n) is 9.84. The van der Waals surface area contributed by atoms with E-state index in [2.05, 4.69) is 10.6 Å². The smallest absolute Gasteiger partial charge is 0.283 e. The van der Waals surface area contributed by atoms with Gasteiger partial charge in [-0.15, -0.1) is 0 Å². The second kappa shape index (κ2) is 9.54. The number of ether oxygens (including phenoxy) is 1. The average Bonchev–Trinajstić information content (AvgIpc) is 3.04. The van der Waals surface area contributed by atoms with E-state index in [0.29, 0.717) is 22.0 Å². The van der Waals surface area contributed by atoms with Gasteiger partial charge in [-0.25, -0.2) is 9.29 Å². The number of amides is 3. The van der Waals surface area contributed by atoms with Gasteiger partial charge in [-0.05, 0) is 66.7 Å². The summed E-state index contributed by atoms with van der Waals surface area (Å²) in [6.07, 6.45) is 0. The highest BCUT2D eigenvalue weighted by Gasteiger charge is 2.40. The first-order chi connectivity index (χ1) is 16.3. The number of hydrogen-bond donors (Lipinski definition) is 2. The Morgan fingerprint density at radius 3 is 2.21 bits per heavy atom. The minimum atomic E-state index is -0.731. The monoisotopic (exact) mass is 499 g/mol. The van der Waals surface area contributed by atoms with Crippen LogP contribution in [-0.2, 0) is 9.59 Å². The topological polar surface area (TPSA) is 87.7 Å². The summed E-state index contributed by atoms with van der Waals surface area (Å²) in [5, 5.41) is 5.49. The second-order valence-electron chi connectivity index (χ2n) is 7.11. The molecule has 0 unspecified atom stereocenters. The number of imide groups is 1. The van der Waals surface area contributed by atoms with Gasteiger partial charge >= 0.3 is 0 Å². The number of nitrogens with zero attached hydrogens (tertiary/aromatic N) is 1. The molecule has 4 rings (SSSR count). The molecule has 34 heavy (non-hydrogen) atoms. The fraction of sp³-hybridized carbons (Fsp3) is 0.0417. The molecule has 0 saturated carbocycles. The van der Waals surface area contributed by atoms with Crippen molar-refractivity contribution in [1.29, 1.82) is 0 Å². The van der Waals surface area contributed by atoms with Crippen LogP contribution in [0.3, 0.4) is 0 Å². The van der Waals surface area contributed by atoms with E-state index in [0.717, 1.165) is 4.90 Å². The number of nitrogens with one attached hydrogen (secondary N) is 2. The maximum Gasteiger partial charge on any atom is 0.283 e. The van der Waals surface area contributed by atoms with Crippen molar-refractivity contribution in [3.8, 4) is 5.75 Å². The fourth-order valence-electron chi connectivity index (χ4n) is 3.25. The maximum atomic E-state index is 13.0. The summed E-state index contributed by atoms with van der Waals surface area (Å²) < 4.78 is 18.3. The van der Waals surface area contributed by atoms with Gasteiger partial charge in [0.25, 0.3) is 17.7 Å². The number of anilines is 3. The molecule has 10 heteroatoms. The quantitative estimate of drug-likeness (QED) is 0.456. The van der Waals surface area contributed by atoms with E-state index in [1.165, 1.54) is 55.6 Å². The van der Waals surface area contributed by atoms with Gasteiger partial charge < -0.3 is 15.4 Å². The molecule has 2 N–H and O–H groups in total. The van der Waals surface area contributed by atoms with Gasteiger partial charge in [0.1, 0.15) is 22.3 Å². The fourth-order valence-corrected chi connectivity index (χ4v) is 3.63. The number of benzene rings is 3. The molecule has 0 aliphatic carbocycles. The van der Waals surface area contributed by atoms with Crippen molar-refractivity contribution < 1.29 is 23.5 Å². The predicted molar refractivity (Wildman–Crippen MR) is 128 cm³/mol. The molecule has 1 aliphatic rings. The van der Waals surface area contributed by atoms with E-state index in [1.54, 1.807) is 18.2 Å². The molecular weight excluding hydrogens is 484 g/mol. The lowest BCUT2D eigenvalue weighted by atomic mass is 10.2. The molecule has 0 fully saturated rings. The highest BCUT2D eigenvalue weighted by atomic mass is 35.5. The molecule has 3 aromatic rings. The Bertz CT molecular complexity index is 1330. The standard InChI is InChI=1S/C24H16Cl2FN3O4/c1-34-19-11-4-14(25)12-18(19)30-23(32)20(26)21(24(30)33)28-16-7-2-13(3-8-16)22(31)29-17-9-5-15(27)6-10-17/h2-12,28H,1H3,(H,29,31). The first-order valence-corrected chi connectivity index (χ1v) is 10.6. The highest BCUT2D eigenvalue weighted by molar-refractivity contribution is 6.53. The van der Waals surface area contributed by atoms with Crippen LogP contribution in [0.2, 0.25) is 5.02 Å². The van der Waals surface area contributed by atoms with Gasteiger partial charge in [0, 0.05) is 22.0 Å². The van der Waals surface area contributed by atoms with Crippen molar-refractivity contribution in [1.82, 2.24) is 0 Å². The molecule has 1 aliphatic heterocycles. The van der Waals surface area contributed by atoms with Crippen molar-refractivity contribution in [2.24, 2.45) is 0 Å². The molecule has 0 spiro atoms. The van der Waals surface area contributed by atoms with Crippen LogP contribution < -0.4 is 20.3 Å². The third-order valence-electron chi connectivity index (χ3n) is 4.93. The number of carbonyl (C=O) groups is 3. The summed E-state index contributed by atoms with van der Waals surface area (Å²) in [6, 6.07) is 16.0. The summed E-state index contributed by atoms with van der Waals surface area (Å²) in [4.78, 5) is 39.0. The lowest BCUT2D eigenvalue weighted by molar-refractivity contribution is -0.120. The van der Waals surface area contributed by atoms with E-state index < -0.39 is 23.5 Å². The third kappa shape index (κ3) is 4.59. The summed E-state index contributed by atoms with van der Waals surface area (Å²) in [6.45, 7) is 0. The third-order valence-corrected chi connectivity index (χ3v) is 5.51. The lowest BCUT2D eigenvalue weighted by Gasteiger charge is -2.18. The van der Waals surface area contributed by atoms with Crippen LogP contribution in [0.25, 0.3) is 0 Å². The van der Waals surface area contributed by atoms with Crippen molar-refractivity contribution in [3.05, 3.63) is 93.9 Å². The zero-order valence-corrected chi connectivity index (χ0v) is 19.1. The summed E-state index contributed by atoms with van der Waals surface area (Å²) in [7, 11) is 1.40. The zero-order chi connectivity index (χ0) is 24.4. The summed E-state index contributed by atoms with van der Waals surface area (Å²) in [5.74, 6) is -1.96. The molecule has 0 saturated heterocycles. The van der Waals surface area contributed by atoms with Crippen LogP contribution in [0.15, 0.2) is 77.5 Å². The van der Waals surface area contributed by atoms with Gasteiger partial charge in [0.2, 0.25) is 0 Å². The van der Waals surface area contributed by atoms with E-state index in [9.17, 15) is 18.8 Å². The molecular formula is C24H16Cl2FN3O4. The Labute approximate surface area is 203 Å². The Morgan fingerprint density at radius 2 is 1.56 bits per heavy atom. The van der Waals surface area contributed by atoms with Gasteiger partial charge in [-0.1, -0.05) is 23.2 Å². The molecule has 1 heterocycles. The molecule has 0 bridgehead atoms. The molecule has 3 amide bonds. The van der Waals surface area contributed by atoms with E-state index in [4.69, 9.17) is 27.9 Å². The van der Waals surface area contributed by atoms with Crippen LogP contribution in [0, 0.1) is 5.82 Å². The van der Waals surface area contributed by atoms with Crippen LogP contribution >= 0.6 is 23.2 Å². The van der Waals surface area contributed by atoms with Crippen LogP contribution in [-0.4, -0.2) is 24.8 Å². The average molecular weight is 500 g/mol. The molecule has 0 radical (unpaired) electrons. The Kier molecular flexibility index (Phi) is 6.54. The minimum Gasteiger partial charge on any atom is -0.495 e. The second-order valence-corrected chi connectivity index (χ2v) is 7.93. The normalized spacial score (nSPS) is 13.4. The number of halogens is 3. The van der Waals surface area contributed by atoms with Crippen molar-refractivity contribution in [3.63, 3.8) is 0 Å². The zero-order valence-electron chi connectivity index (χ0n) is 17.6. The van der Waals surface area contributed by atoms with Crippen molar-refractivity contribution in [2.45, 2.75) is 0 Å². The molecule has 3 aromatic carbocycles. The molecule has 7 nitrogen and oxygen atoms in total. The largest absolute Gasteiger partial charge is 0.495 e. The summed E-state index contributed by atoms with van der Waals surface area (Å²) >= 11 is 12.2. The van der Waals surface area contributed by atoms with Crippen LogP contribution in [0.5, 0.6) is 5.75 Å². The minimum absolute atomic E-state index is 0.128. The Hall–Kier alpha value is -3.88. The number of carbonyl (C=O) groups excluding carboxylic acids is 3. The van der Waals surface area contributed by atoms with Gasteiger partial charge in [-0.3, -0.25) is 14.4 Å². The first kappa shape index (κ1) is 23.3. The van der Waals surface area contributed by atoms with Crippen molar-refractivity contribution in [2.75, 3.05) is 22.6 Å². The Balaban J connectivity index is 1.51. The van der Waals surface area contributed by atoms with Crippen LogP contribution in [0.1, 0.15) is 10.4 Å². The van der Waals surface area contributed by atoms with Gasteiger partial charge in [0.15, 0.2) is 0 Å². The van der Waals surface area contributed by atoms with Crippen molar-refractivity contribution >= 4 is 58.0 Å². The summed E-state index contributed by atoms with van der Waals surface area (Å²) in [5.41, 5.74) is 1.23. The Morgan fingerprint density at radius 1 is 0.912 bits per heavy atom. The SMILES string of the molecule is COc1ccc(Cl)cc1N1C(=O)C(Cl)=C(Nc2ccc(C(=O)Nc3ccc(F)cc3)cc2)C1=O. The van der Waals surface area contributed by atoms with E-state index >= 15 is 0 Å². The predicted octanol–water partition coefficient (Wildman–Crippen LogP) is 5.18. The number of methoxy groups -OCH3 is 1. The molecule has 0 atom stereocenters. The van der Waals surface area contributed by atoms with E-state index in [1.807, 2.05) is 0 Å². The van der Waals surface area contributed by atoms with Gasteiger partial charge in [-0.2, -0.15) is 0 Å². The maximum absolute atomic E-state index is 13.0. The van der Waals surface area contributed by atoms with Crippen LogP contribution in [0.4, 0.5) is 21.5 Å². The number of rotatable bonds is 6.